The third-order valence-corrected chi connectivity index (χ3v) is 4.59. The minimum Gasteiger partial charge on any atom is -0.475 e. The van der Waals surface area contributed by atoms with Gasteiger partial charge in [-0.05, 0) is 32.8 Å². The summed E-state index contributed by atoms with van der Waals surface area (Å²) in [6.45, 7) is 5.30. The summed E-state index contributed by atoms with van der Waals surface area (Å²) in [4.78, 5) is 17.4. The number of hydrogen-bond acceptors (Lipinski definition) is 5. The van der Waals surface area contributed by atoms with Crippen molar-refractivity contribution in [1.29, 1.82) is 0 Å². The molecule has 2 rings (SSSR count). The van der Waals surface area contributed by atoms with Crippen LogP contribution in [-0.2, 0) is 14.3 Å². The Bertz CT molecular complexity index is 554. The normalized spacial score (nSPS) is 16.9. The van der Waals surface area contributed by atoms with Gasteiger partial charge in [0.15, 0.2) is 0 Å². The molecular formula is C19H30N2O4. The number of nitrogens with zero attached hydrogens (tertiary/aromatic N) is 1. The van der Waals surface area contributed by atoms with E-state index in [0.717, 1.165) is 44.2 Å². The van der Waals surface area contributed by atoms with Crippen molar-refractivity contribution in [3.8, 4) is 5.88 Å². The highest BCUT2D eigenvalue weighted by Crippen LogP contribution is 2.32. The van der Waals surface area contributed by atoms with Crippen molar-refractivity contribution >= 4 is 11.6 Å². The first-order chi connectivity index (χ1) is 12.1. The number of pyridine rings is 1. The summed E-state index contributed by atoms with van der Waals surface area (Å²) < 4.78 is 16.4. The predicted octanol–water partition coefficient (Wildman–Crippen LogP) is 3.48. The fourth-order valence-corrected chi connectivity index (χ4v) is 3.23. The molecule has 140 valence electrons. The molecular weight excluding hydrogens is 320 g/mol. The largest absolute Gasteiger partial charge is 0.475 e. The number of rotatable bonds is 8. The molecule has 1 fully saturated rings. The summed E-state index contributed by atoms with van der Waals surface area (Å²) in [5, 5.41) is 3.02. The Balaban J connectivity index is 2.07. The number of carbonyl (C=O) groups is 1. The lowest BCUT2D eigenvalue weighted by Gasteiger charge is -2.31. The molecule has 6 nitrogen and oxygen atoms in total. The number of amides is 1. The Labute approximate surface area is 150 Å². The molecule has 1 aromatic heterocycles. The van der Waals surface area contributed by atoms with Crippen LogP contribution in [0.25, 0.3) is 0 Å². The molecule has 0 aliphatic heterocycles. The minimum absolute atomic E-state index is 0.0609. The van der Waals surface area contributed by atoms with Crippen molar-refractivity contribution in [2.45, 2.75) is 58.0 Å². The summed E-state index contributed by atoms with van der Waals surface area (Å²) in [7, 11) is 1.63. The number of nitrogens with one attached hydrogen (secondary N) is 1. The standard InChI is InChI=1S/C19H30N2O4/c1-4-25-19(11-7-5-6-8-12-19)18(22)21-16-9-10-17(20-15(16)2)24-14-13-23-3/h9-10H,4-8,11-14H2,1-3H3,(H,21,22). The molecule has 1 amide bonds. The Kier molecular flexibility index (Phi) is 7.65. The maximum absolute atomic E-state index is 13.0. The van der Waals surface area contributed by atoms with Gasteiger partial charge in [-0.1, -0.05) is 25.7 Å². The fraction of sp³-hybridized carbons (Fsp3) is 0.684. The molecule has 1 heterocycles. The molecule has 6 heteroatoms. The average Bonchev–Trinajstić information content (AvgIpc) is 2.84. The zero-order chi connectivity index (χ0) is 18.1. The molecule has 0 bridgehead atoms. The van der Waals surface area contributed by atoms with E-state index in [1.165, 1.54) is 0 Å². The van der Waals surface area contributed by atoms with E-state index < -0.39 is 5.60 Å². The van der Waals surface area contributed by atoms with E-state index >= 15 is 0 Å². The zero-order valence-corrected chi connectivity index (χ0v) is 15.6. The molecule has 0 unspecified atom stereocenters. The summed E-state index contributed by atoms with van der Waals surface area (Å²) in [5.74, 6) is 0.468. The molecule has 0 radical (unpaired) electrons. The van der Waals surface area contributed by atoms with Gasteiger partial charge in [0, 0.05) is 19.8 Å². The van der Waals surface area contributed by atoms with Crippen molar-refractivity contribution in [2.75, 3.05) is 32.2 Å². The maximum Gasteiger partial charge on any atom is 0.256 e. The lowest BCUT2D eigenvalue weighted by molar-refractivity contribution is -0.143. The topological polar surface area (TPSA) is 69.7 Å². The molecule has 0 aromatic carbocycles. The predicted molar refractivity (Wildman–Crippen MR) is 97.0 cm³/mol. The van der Waals surface area contributed by atoms with Gasteiger partial charge in [0.05, 0.1) is 18.0 Å². The van der Waals surface area contributed by atoms with E-state index in [4.69, 9.17) is 14.2 Å². The van der Waals surface area contributed by atoms with Crippen LogP contribution in [-0.4, -0.2) is 43.4 Å². The van der Waals surface area contributed by atoms with Crippen molar-refractivity contribution in [1.82, 2.24) is 4.98 Å². The SMILES string of the molecule is CCOC1(C(=O)Nc2ccc(OCCOC)nc2C)CCCCCC1. The van der Waals surface area contributed by atoms with Crippen molar-refractivity contribution in [3.63, 3.8) is 0 Å². The third kappa shape index (κ3) is 5.41. The Morgan fingerprint density at radius 2 is 1.92 bits per heavy atom. The van der Waals surface area contributed by atoms with Crippen molar-refractivity contribution in [3.05, 3.63) is 17.8 Å². The zero-order valence-electron chi connectivity index (χ0n) is 15.6. The maximum atomic E-state index is 13.0. The lowest BCUT2D eigenvalue weighted by Crippen LogP contribution is -2.45. The van der Waals surface area contributed by atoms with Gasteiger partial charge < -0.3 is 19.5 Å². The van der Waals surface area contributed by atoms with Gasteiger partial charge in [0.25, 0.3) is 5.91 Å². The van der Waals surface area contributed by atoms with Crippen molar-refractivity contribution < 1.29 is 19.0 Å². The van der Waals surface area contributed by atoms with Crippen LogP contribution in [0.15, 0.2) is 12.1 Å². The first kappa shape index (κ1) is 19.7. The summed E-state index contributed by atoms with van der Waals surface area (Å²) in [6, 6.07) is 3.59. The Morgan fingerprint density at radius 3 is 2.52 bits per heavy atom. The van der Waals surface area contributed by atoms with Gasteiger partial charge in [0.1, 0.15) is 12.2 Å². The van der Waals surface area contributed by atoms with E-state index in [-0.39, 0.29) is 5.91 Å². The average molecular weight is 350 g/mol. The Morgan fingerprint density at radius 1 is 1.20 bits per heavy atom. The van der Waals surface area contributed by atoms with Crippen LogP contribution in [0, 0.1) is 6.92 Å². The number of methoxy groups -OCH3 is 1. The summed E-state index contributed by atoms with van der Waals surface area (Å²) >= 11 is 0. The number of aryl methyl sites for hydroxylation is 1. The highest BCUT2D eigenvalue weighted by molar-refractivity contribution is 5.97. The van der Waals surface area contributed by atoms with Crippen LogP contribution in [0.2, 0.25) is 0 Å². The number of ether oxygens (including phenoxy) is 3. The second-order valence-electron chi connectivity index (χ2n) is 6.42. The van der Waals surface area contributed by atoms with Crippen LogP contribution >= 0.6 is 0 Å². The molecule has 0 spiro atoms. The Hall–Kier alpha value is -1.66. The third-order valence-electron chi connectivity index (χ3n) is 4.59. The molecule has 1 N–H and O–H groups in total. The number of carbonyl (C=O) groups excluding carboxylic acids is 1. The van der Waals surface area contributed by atoms with Gasteiger partial charge >= 0.3 is 0 Å². The van der Waals surface area contributed by atoms with E-state index in [2.05, 4.69) is 10.3 Å². The molecule has 1 aliphatic rings. The minimum atomic E-state index is -0.717. The number of aromatic nitrogens is 1. The van der Waals surface area contributed by atoms with Crippen LogP contribution in [0.4, 0.5) is 5.69 Å². The lowest BCUT2D eigenvalue weighted by atomic mass is 9.92. The fourth-order valence-electron chi connectivity index (χ4n) is 3.23. The van der Waals surface area contributed by atoms with Gasteiger partial charge in [-0.25, -0.2) is 4.98 Å². The van der Waals surface area contributed by atoms with E-state index in [0.29, 0.717) is 31.4 Å². The van der Waals surface area contributed by atoms with Crippen LogP contribution in [0.5, 0.6) is 5.88 Å². The van der Waals surface area contributed by atoms with E-state index in [9.17, 15) is 4.79 Å². The van der Waals surface area contributed by atoms with Crippen molar-refractivity contribution in [2.24, 2.45) is 0 Å². The van der Waals surface area contributed by atoms with Crippen LogP contribution in [0.3, 0.4) is 0 Å². The summed E-state index contributed by atoms with van der Waals surface area (Å²) in [5.41, 5.74) is 0.710. The molecule has 1 aliphatic carbocycles. The monoisotopic (exact) mass is 350 g/mol. The second kappa shape index (κ2) is 9.73. The first-order valence-corrected chi connectivity index (χ1v) is 9.16. The molecule has 25 heavy (non-hydrogen) atoms. The number of anilines is 1. The number of hydrogen-bond donors (Lipinski definition) is 1. The quantitative estimate of drug-likeness (QED) is 0.574. The van der Waals surface area contributed by atoms with Crippen LogP contribution < -0.4 is 10.1 Å². The summed E-state index contributed by atoms with van der Waals surface area (Å²) in [6.07, 6.45) is 5.93. The molecule has 1 aromatic rings. The highest BCUT2D eigenvalue weighted by Gasteiger charge is 2.39. The molecule has 0 atom stereocenters. The van der Waals surface area contributed by atoms with E-state index in [1.807, 2.05) is 19.9 Å². The van der Waals surface area contributed by atoms with Gasteiger partial charge in [-0.2, -0.15) is 0 Å². The molecule has 0 saturated heterocycles. The van der Waals surface area contributed by atoms with Gasteiger partial charge in [-0.15, -0.1) is 0 Å². The molecule has 1 saturated carbocycles. The smallest absolute Gasteiger partial charge is 0.256 e. The van der Waals surface area contributed by atoms with Gasteiger partial charge in [0.2, 0.25) is 5.88 Å². The first-order valence-electron chi connectivity index (χ1n) is 9.16. The van der Waals surface area contributed by atoms with Gasteiger partial charge in [-0.3, -0.25) is 4.79 Å². The van der Waals surface area contributed by atoms with E-state index in [1.54, 1.807) is 13.2 Å². The second-order valence-corrected chi connectivity index (χ2v) is 6.42. The highest BCUT2D eigenvalue weighted by atomic mass is 16.5. The van der Waals surface area contributed by atoms with Crippen LogP contribution in [0.1, 0.15) is 51.1 Å².